The number of hydrogen-bond acceptors (Lipinski definition) is 4. The molecule has 3 aromatic rings. The SMILES string of the molecule is CCC[C@@H](NC(=O)c1cnn(C)c1C)c1nnc2ccccn12. The first kappa shape index (κ1) is 15.2. The van der Waals surface area contributed by atoms with Gasteiger partial charge in [-0.1, -0.05) is 19.4 Å². The summed E-state index contributed by atoms with van der Waals surface area (Å²) < 4.78 is 3.60. The molecule has 0 aliphatic rings. The highest BCUT2D eigenvalue weighted by molar-refractivity contribution is 5.95. The maximum atomic E-state index is 12.6. The van der Waals surface area contributed by atoms with Crippen molar-refractivity contribution in [2.75, 3.05) is 0 Å². The van der Waals surface area contributed by atoms with Crippen molar-refractivity contribution in [3.8, 4) is 0 Å². The molecule has 0 radical (unpaired) electrons. The number of carbonyl (C=O) groups excluding carboxylic acids is 1. The first-order chi connectivity index (χ1) is 11.1. The minimum Gasteiger partial charge on any atom is -0.342 e. The average molecular weight is 312 g/mol. The van der Waals surface area contributed by atoms with Crippen LogP contribution in [-0.2, 0) is 7.05 Å². The van der Waals surface area contributed by atoms with Crippen molar-refractivity contribution < 1.29 is 4.79 Å². The van der Waals surface area contributed by atoms with Crippen LogP contribution >= 0.6 is 0 Å². The monoisotopic (exact) mass is 312 g/mol. The van der Waals surface area contributed by atoms with Crippen LogP contribution in [0.15, 0.2) is 30.6 Å². The molecule has 0 aromatic carbocycles. The number of fused-ring (bicyclic) bond motifs is 1. The van der Waals surface area contributed by atoms with Crippen molar-refractivity contribution in [2.45, 2.75) is 32.7 Å². The second-order valence-corrected chi connectivity index (χ2v) is 5.57. The Morgan fingerprint density at radius 1 is 1.35 bits per heavy atom. The van der Waals surface area contributed by atoms with Gasteiger partial charge in [0, 0.05) is 18.9 Å². The van der Waals surface area contributed by atoms with Gasteiger partial charge in [0.1, 0.15) is 0 Å². The molecule has 23 heavy (non-hydrogen) atoms. The van der Waals surface area contributed by atoms with Crippen LogP contribution < -0.4 is 5.32 Å². The summed E-state index contributed by atoms with van der Waals surface area (Å²) in [7, 11) is 1.82. The third-order valence-electron chi connectivity index (χ3n) is 4.01. The van der Waals surface area contributed by atoms with Crippen LogP contribution in [0.1, 0.15) is 47.7 Å². The highest BCUT2D eigenvalue weighted by Gasteiger charge is 2.22. The lowest BCUT2D eigenvalue weighted by Crippen LogP contribution is -2.30. The Labute approximate surface area is 134 Å². The molecule has 0 saturated heterocycles. The number of hydrogen-bond donors (Lipinski definition) is 1. The third-order valence-corrected chi connectivity index (χ3v) is 4.01. The zero-order valence-electron chi connectivity index (χ0n) is 13.5. The summed E-state index contributed by atoms with van der Waals surface area (Å²) in [4.78, 5) is 12.6. The van der Waals surface area contributed by atoms with Crippen LogP contribution in [0.3, 0.4) is 0 Å². The van der Waals surface area contributed by atoms with Gasteiger partial charge in [-0.25, -0.2) is 0 Å². The van der Waals surface area contributed by atoms with Crippen molar-refractivity contribution in [3.05, 3.63) is 47.7 Å². The predicted octanol–water partition coefficient (Wildman–Crippen LogP) is 2.04. The summed E-state index contributed by atoms with van der Waals surface area (Å²) in [5, 5.41) is 15.6. The fraction of sp³-hybridized carbons (Fsp3) is 0.375. The van der Waals surface area contributed by atoms with Crippen molar-refractivity contribution in [2.24, 2.45) is 7.05 Å². The van der Waals surface area contributed by atoms with E-state index in [1.807, 2.05) is 42.8 Å². The van der Waals surface area contributed by atoms with Crippen molar-refractivity contribution in [1.82, 2.24) is 29.7 Å². The van der Waals surface area contributed by atoms with E-state index < -0.39 is 0 Å². The molecule has 7 heteroatoms. The lowest BCUT2D eigenvalue weighted by molar-refractivity contribution is 0.0931. The van der Waals surface area contributed by atoms with Gasteiger partial charge in [0.05, 0.1) is 17.8 Å². The highest BCUT2D eigenvalue weighted by atomic mass is 16.1. The molecule has 120 valence electrons. The largest absolute Gasteiger partial charge is 0.342 e. The van der Waals surface area contributed by atoms with E-state index in [1.165, 1.54) is 0 Å². The summed E-state index contributed by atoms with van der Waals surface area (Å²) >= 11 is 0. The summed E-state index contributed by atoms with van der Waals surface area (Å²) in [6.45, 7) is 3.96. The Balaban J connectivity index is 1.90. The van der Waals surface area contributed by atoms with Crippen molar-refractivity contribution in [1.29, 1.82) is 0 Å². The molecule has 0 aliphatic carbocycles. The molecule has 1 atom stereocenters. The van der Waals surface area contributed by atoms with Gasteiger partial charge in [-0.2, -0.15) is 5.10 Å². The molecule has 7 nitrogen and oxygen atoms in total. The van der Waals surface area contributed by atoms with Gasteiger partial charge in [-0.15, -0.1) is 10.2 Å². The molecule has 0 spiro atoms. The number of nitrogens with zero attached hydrogens (tertiary/aromatic N) is 5. The van der Waals surface area contributed by atoms with Crippen LogP contribution in [0.5, 0.6) is 0 Å². The van der Waals surface area contributed by atoms with Crippen LogP contribution in [0.2, 0.25) is 0 Å². The lowest BCUT2D eigenvalue weighted by Gasteiger charge is -2.16. The Morgan fingerprint density at radius 2 is 2.17 bits per heavy atom. The topological polar surface area (TPSA) is 77.1 Å². The maximum absolute atomic E-state index is 12.6. The number of rotatable bonds is 5. The summed E-state index contributed by atoms with van der Waals surface area (Å²) in [5.41, 5.74) is 2.20. The number of carbonyl (C=O) groups is 1. The molecule has 1 amide bonds. The molecule has 0 fully saturated rings. The van der Waals surface area contributed by atoms with E-state index in [0.29, 0.717) is 5.56 Å². The molecular formula is C16H20N6O. The highest BCUT2D eigenvalue weighted by Crippen LogP contribution is 2.19. The molecule has 1 N–H and O–H groups in total. The van der Waals surface area contributed by atoms with E-state index in [1.54, 1.807) is 10.9 Å². The fourth-order valence-corrected chi connectivity index (χ4v) is 2.61. The molecule has 3 rings (SSSR count). The number of aromatic nitrogens is 5. The molecule has 3 heterocycles. The van der Waals surface area contributed by atoms with Crippen LogP contribution in [0.25, 0.3) is 5.65 Å². The minimum absolute atomic E-state index is 0.137. The van der Waals surface area contributed by atoms with Gasteiger partial charge in [-0.3, -0.25) is 13.9 Å². The fourth-order valence-electron chi connectivity index (χ4n) is 2.61. The van der Waals surface area contributed by atoms with E-state index in [-0.39, 0.29) is 11.9 Å². The first-order valence-electron chi connectivity index (χ1n) is 7.71. The molecular weight excluding hydrogens is 292 g/mol. The summed E-state index contributed by atoms with van der Waals surface area (Å²) in [6.07, 6.45) is 5.23. The predicted molar refractivity (Wildman–Crippen MR) is 86.0 cm³/mol. The molecule has 3 aromatic heterocycles. The third kappa shape index (κ3) is 2.81. The summed E-state index contributed by atoms with van der Waals surface area (Å²) in [5.74, 6) is 0.610. The number of pyridine rings is 1. The lowest BCUT2D eigenvalue weighted by atomic mass is 10.1. The molecule has 0 aliphatic heterocycles. The Hall–Kier alpha value is -2.70. The minimum atomic E-state index is -0.190. The van der Waals surface area contributed by atoms with Crippen LogP contribution in [0, 0.1) is 6.92 Å². The zero-order valence-corrected chi connectivity index (χ0v) is 13.5. The quantitative estimate of drug-likeness (QED) is 0.782. The summed E-state index contributed by atoms with van der Waals surface area (Å²) in [6, 6.07) is 5.55. The number of amides is 1. The number of nitrogens with one attached hydrogen (secondary N) is 1. The van der Waals surface area contributed by atoms with Crippen LogP contribution in [-0.4, -0.2) is 30.3 Å². The normalized spacial score (nSPS) is 12.5. The maximum Gasteiger partial charge on any atom is 0.255 e. The standard InChI is InChI=1S/C16H20N6O/c1-4-7-13(15-20-19-14-8-5-6-9-22(14)15)18-16(23)12-10-17-21(3)11(12)2/h5-6,8-10,13H,4,7H2,1-3H3,(H,18,23)/t13-/m1/s1. The van der Waals surface area contributed by atoms with Gasteiger partial charge in [0.25, 0.3) is 5.91 Å². The van der Waals surface area contributed by atoms with Gasteiger partial charge in [0.15, 0.2) is 11.5 Å². The molecule has 0 unspecified atom stereocenters. The number of aryl methyl sites for hydroxylation is 1. The Kier molecular flexibility index (Phi) is 4.10. The van der Waals surface area contributed by atoms with Gasteiger partial charge >= 0.3 is 0 Å². The van der Waals surface area contributed by atoms with Crippen molar-refractivity contribution in [3.63, 3.8) is 0 Å². The van der Waals surface area contributed by atoms with Gasteiger partial charge in [-0.05, 0) is 25.5 Å². The van der Waals surface area contributed by atoms with E-state index in [9.17, 15) is 4.79 Å². The second-order valence-electron chi connectivity index (χ2n) is 5.57. The van der Waals surface area contributed by atoms with E-state index >= 15 is 0 Å². The average Bonchev–Trinajstić information content (AvgIpc) is 3.11. The Morgan fingerprint density at radius 3 is 2.87 bits per heavy atom. The smallest absolute Gasteiger partial charge is 0.255 e. The molecule has 0 saturated carbocycles. The second kappa shape index (κ2) is 6.20. The molecule has 0 bridgehead atoms. The first-order valence-corrected chi connectivity index (χ1v) is 7.71. The van der Waals surface area contributed by atoms with Crippen molar-refractivity contribution >= 4 is 11.6 Å². The van der Waals surface area contributed by atoms with Gasteiger partial charge < -0.3 is 5.32 Å². The van der Waals surface area contributed by atoms with E-state index in [2.05, 4.69) is 27.5 Å². The van der Waals surface area contributed by atoms with Gasteiger partial charge in [0.2, 0.25) is 0 Å². The zero-order chi connectivity index (χ0) is 16.4. The Bertz CT molecular complexity index is 834. The van der Waals surface area contributed by atoms with E-state index in [0.717, 1.165) is 30.0 Å². The van der Waals surface area contributed by atoms with Crippen LogP contribution in [0.4, 0.5) is 0 Å². The van der Waals surface area contributed by atoms with E-state index in [4.69, 9.17) is 0 Å².